The highest BCUT2D eigenvalue weighted by molar-refractivity contribution is 5.92. The number of nitrogens with zero attached hydrogens (tertiary/aromatic N) is 3. The van der Waals surface area contributed by atoms with Crippen LogP contribution in [0.5, 0.6) is 0 Å². The zero-order valence-electron chi connectivity index (χ0n) is 11.4. The Kier molecular flexibility index (Phi) is 3.28. The second kappa shape index (κ2) is 5.09. The fourth-order valence-corrected chi connectivity index (χ4v) is 2.69. The average Bonchev–Trinajstić information content (AvgIpc) is 2.47. The molecule has 1 saturated heterocycles. The third kappa shape index (κ3) is 2.20. The molecule has 1 aromatic carbocycles. The van der Waals surface area contributed by atoms with Crippen molar-refractivity contribution in [2.24, 2.45) is 0 Å². The van der Waals surface area contributed by atoms with Crippen molar-refractivity contribution in [3.05, 3.63) is 36.5 Å². The summed E-state index contributed by atoms with van der Waals surface area (Å²) in [6.07, 6.45) is 1.78. The Morgan fingerprint density at radius 2 is 2.10 bits per heavy atom. The molecule has 0 aliphatic carbocycles. The minimum Gasteiger partial charge on any atom is -0.480 e. The van der Waals surface area contributed by atoms with Gasteiger partial charge in [0.1, 0.15) is 11.9 Å². The molecule has 5 heteroatoms. The van der Waals surface area contributed by atoms with E-state index in [9.17, 15) is 9.90 Å². The summed E-state index contributed by atoms with van der Waals surface area (Å²) in [4.78, 5) is 19.7. The molecule has 0 saturated carbocycles. The van der Waals surface area contributed by atoms with Crippen LogP contribution in [0.2, 0.25) is 0 Å². The molecule has 1 aliphatic heterocycles. The molecule has 1 atom stereocenters. The Balaban J connectivity index is 1.97. The van der Waals surface area contributed by atoms with Crippen LogP contribution in [-0.4, -0.2) is 53.7 Å². The highest BCUT2D eigenvalue weighted by atomic mass is 16.4. The molecule has 0 radical (unpaired) electrons. The van der Waals surface area contributed by atoms with Gasteiger partial charge in [0.25, 0.3) is 0 Å². The molecule has 5 nitrogen and oxygen atoms in total. The summed E-state index contributed by atoms with van der Waals surface area (Å²) in [7, 11) is 1.85. The van der Waals surface area contributed by atoms with Crippen molar-refractivity contribution in [2.75, 3.05) is 31.6 Å². The molecule has 1 unspecified atom stereocenters. The van der Waals surface area contributed by atoms with E-state index in [0.29, 0.717) is 6.54 Å². The molecule has 1 aliphatic rings. The van der Waals surface area contributed by atoms with E-state index in [0.717, 1.165) is 29.7 Å². The number of carboxylic acid groups (broad SMARTS) is 1. The van der Waals surface area contributed by atoms with E-state index >= 15 is 0 Å². The molecule has 1 N–H and O–H groups in total. The Bertz CT molecular complexity index is 639. The van der Waals surface area contributed by atoms with Crippen molar-refractivity contribution in [1.82, 2.24) is 9.88 Å². The second-order valence-corrected chi connectivity index (χ2v) is 5.14. The van der Waals surface area contributed by atoms with Crippen LogP contribution in [0, 0.1) is 0 Å². The number of pyridine rings is 1. The van der Waals surface area contributed by atoms with Gasteiger partial charge in [-0.3, -0.25) is 9.69 Å². The number of carbonyl (C=O) groups is 1. The molecule has 20 heavy (non-hydrogen) atoms. The van der Waals surface area contributed by atoms with E-state index in [1.807, 2.05) is 42.3 Å². The molecular weight excluding hydrogens is 254 g/mol. The summed E-state index contributed by atoms with van der Waals surface area (Å²) in [6, 6.07) is 9.55. The number of aromatic nitrogens is 1. The predicted octanol–water partition coefficient (Wildman–Crippen LogP) is 1.44. The quantitative estimate of drug-likeness (QED) is 0.895. The number of likely N-dealkylation sites (N-methyl/N-ethyl adjacent to an activating group) is 1. The minimum atomic E-state index is -0.780. The van der Waals surface area contributed by atoms with E-state index < -0.39 is 12.0 Å². The van der Waals surface area contributed by atoms with E-state index in [2.05, 4.69) is 9.88 Å². The highest BCUT2D eigenvalue weighted by Gasteiger charge is 2.30. The molecule has 0 bridgehead atoms. The molecule has 1 aromatic heterocycles. The lowest BCUT2D eigenvalue weighted by Crippen LogP contribution is -2.55. The van der Waals surface area contributed by atoms with Crippen molar-refractivity contribution in [3.63, 3.8) is 0 Å². The van der Waals surface area contributed by atoms with Gasteiger partial charge in [0.15, 0.2) is 0 Å². The van der Waals surface area contributed by atoms with Crippen molar-refractivity contribution in [3.8, 4) is 0 Å². The number of hydrogen-bond donors (Lipinski definition) is 1. The zero-order chi connectivity index (χ0) is 14.1. The Morgan fingerprint density at radius 3 is 2.90 bits per heavy atom. The number of anilines is 1. The maximum absolute atomic E-state index is 11.3. The SMILES string of the molecule is CN1CCN(c2nccc3ccccc23)CC1C(=O)O. The van der Waals surface area contributed by atoms with Crippen molar-refractivity contribution < 1.29 is 9.90 Å². The normalized spacial score (nSPS) is 20.2. The van der Waals surface area contributed by atoms with Gasteiger partial charge < -0.3 is 10.0 Å². The second-order valence-electron chi connectivity index (χ2n) is 5.14. The Labute approximate surface area is 117 Å². The van der Waals surface area contributed by atoms with Crippen LogP contribution in [0.25, 0.3) is 10.8 Å². The third-order valence-corrected chi connectivity index (χ3v) is 3.89. The fourth-order valence-electron chi connectivity index (χ4n) is 2.69. The van der Waals surface area contributed by atoms with Gasteiger partial charge in [-0.15, -0.1) is 0 Å². The number of piperazine rings is 1. The number of rotatable bonds is 2. The number of benzene rings is 1. The number of aliphatic carboxylic acids is 1. The van der Waals surface area contributed by atoms with Gasteiger partial charge in [-0.1, -0.05) is 24.3 Å². The van der Waals surface area contributed by atoms with Gasteiger partial charge in [0, 0.05) is 31.2 Å². The van der Waals surface area contributed by atoms with Crippen LogP contribution in [0.3, 0.4) is 0 Å². The average molecular weight is 271 g/mol. The van der Waals surface area contributed by atoms with E-state index in [-0.39, 0.29) is 0 Å². The smallest absolute Gasteiger partial charge is 0.322 e. The van der Waals surface area contributed by atoms with Gasteiger partial charge in [0.05, 0.1) is 0 Å². The summed E-state index contributed by atoms with van der Waals surface area (Å²) in [5.74, 6) is 0.0971. The number of fused-ring (bicyclic) bond motifs is 1. The summed E-state index contributed by atoms with van der Waals surface area (Å²) in [6.45, 7) is 1.98. The number of carboxylic acids is 1. The largest absolute Gasteiger partial charge is 0.480 e. The molecule has 0 amide bonds. The van der Waals surface area contributed by atoms with Crippen LogP contribution < -0.4 is 4.90 Å². The van der Waals surface area contributed by atoms with Gasteiger partial charge in [0.2, 0.25) is 0 Å². The van der Waals surface area contributed by atoms with Crippen LogP contribution in [0.1, 0.15) is 0 Å². The Morgan fingerprint density at radius 1 is 1.30 bits per heavy atom. The van der Waals surface area contributed by atoms with Crippen molar-refractivity contribution in [1.29, 1.82) is 0 Å². The fraction of sp³-hybridized carbons (Fsp3) is 0.333. The summed E-state index contributed by atoms with van der Waals surface area (Å²) in [5.41, 5.74) is 0. The Hall–Kier alpha value is -2.14. The lowest BCUT2D eigenvalue weighted by atomic mass is 10.1. The molecule has 104 valence electrons. The molecule has 1 fully saturated rings. The first-order chi connectivity index (χ1) is 9.66. The van der Waals surface area contributed by atoms with E-state index in [1.54, 1.807) is 6.20 Å². The predicted molar refractivity (Wildman–Crippen MR) is 78.0 cm³/mol. The van der Waals surface area contributed by atoms with E-state index in [4.69, 9.17) is 0 Å². The van der Waals surface area contributed by atoms with Crippen molar-refractivity contribution in [2.45, 2.75) is 6.04 Å². The van der Waals surface area contributed by atoms with Gasteiger partial charge in [-0.05, 0) is 18.5 Å². The monoisotopic (exact) mass is 271 g/mol. The van der Waals surface area contributed by atoms with Gasteiger partial charge >= 0.3 is 5.97 Å². The summed E-state index contributed by atoms with van der Waals surface area (Å²) in [5, 5.41) is 11.5. The first-order valence-corrected chi connectivity index (χ1v) is 6.68. The topological polar surface area (TPSA) is 56.7 Å². The van der Waals surface area contributed by atoms with Gasteiger partial charge in [-0.25, -0.2) is 4.98 Å². The van der Waals surface area contributed by atoms with Crippen LogP contribution in [0.15, 0.2) is 36.5 Å². The van der Waals surface area contributed by atoms with Crippen LogP contribution in [0.4, 0.5) is 5.82 Å². The molecule has 2 aromatic rings. The molecule has 2 heterocycles. The standard InChI is InChI=1S/C15H17N3O2/c1-17-8-9-18(10-13(17)15(19)20)14-12-5-3-2-4-11(12)6-7-16-14/h2-7,13H,8-10H2,1H3,(H,19,20). The first kappa shape index (κ1) is 12.9. The van der Waals surface area contributed by atoms with Crippen LogP contribution >= 0.6 is 0 Å². The molecular formula is C15H17N3O2. The summed E-state index contributed by atoms with van der Waals surface area (Å²) < 4.78 is 0. The highest BCUT2D eigenvalue weighted by Crippen LogP contribution is 2.25. The lowest BCUT2D eigenvalue weighted by Gasteiger charge is -2.38. The molecule has 0 spiro atoms. The van der Waals surface area contributed by atoms with E-state index in [1.165, 1.54) is 0 Å². The van der Waals surface area contributed by atoms with Crippen LogP contribution in [-0.2, 0) is 4.79 Å². The zero-order valence-corrected chi connectivity index (χ0v) is 11.4. The maximum Gasteiger partial charge on any atom is 0.322 e. The third-order valence-electron chi connectivity index (χ3n) is 3.89. The first-order valence-electron chi connectivity index (χ1n) is 6.68. The summed E-state index contributed by atoms with van der Waals surface area (Å²) >= 11 is 0. The lowest BCUT2D eigenvalue weighted by molar-refractivity contribution is -0.142. The van der Waals surface area contributed by atoms with Crippen molar-refractivity contribution >= 4 is 22.6 Å². The van der Waals surface area contributed by atoms with Gasteiger partial charge in [-0.2, -0.15) is 0 Å². The number of hydrogen-bond acceptors (Lipinski definition) is 4. The maximum atomic E-state index is 11.3. The molecule has 3 rings (SSSR count). The minimum absolute atomic E-state index is 0.465.